The SMILES string of the molecule is Cc1cc(CN)nnc1-c1cn(C2CCOC2)nc1C(F)(F)F. The third-order valence-electron chi connectivity index (χ3n) is 3.78. The molecule has 1 aliphatic rings. The molecule has 0 amide bonds. The Hall–Kier alpha value is -2.00. The molecule has 2 aromatic rings. The van der Waals surface area contributed by atoms with E-state index < -0.39 is 11.9 Å². The van der Waals surface area contributed by atoms with Crippen molar-refractivity contribution in [3.63, 3.8) is 0 Å². The van der Waals surface area contributed by atoms with Gasteiger partial charge in [-0.2, -0.15) is 23.4 Å². The summed E-state index contributed by atoms with van der Waals surface area (Å²) in [5.74, 6) is 0. The minimum atomic E-state index is -4.57. The average Bonchev–Trinajstić information content (AvgIpc) is 3.15. The number of nitrogens with zero attached hydrogens (tertiary/aromatic N) is 4. The molecule has 0 spiro atoms. The molecule has 3 heterocycles. The molecule has 1 fully saturated rings. The maximum absolute atomic E-state index is 13.3. The van der Waals surface area contributed by atoms with E-state index in [0.29, 0.717) is 30.9 Å². The van der Waals surface area contributed by atoms with Crippen LogP contribution in [0.5, 0.6) is 0 Å². The van der Waals surface area contributed by atoms with Gasteiger partial charge in [-0.25, -0.2) is 0 Å². The molecular weight excluding hydrogens is 311 g/mol. The summed E-state index contributed by atoms with van der Waals surface area (Å²) in [7, 11) is 0. The summed E-state index contributed by atoms with van der Waals surface area (Å²) < 4.78 is 46.6. The van der Waals surface area contributed by atoms with Gasteiger partial charge in [0.05, 0.1) is 29.6 Å². The van der Waals surface area contributed by atoms with Crippen LogP contribution in [-0.2, 0) is 17.5 Å². The van der Waals surface area contributed by atoms with Gasteiger partial charge >= 0.3 is 6.18 Å². The molecule has 1 saturated heterocycles. The minimum absolute atomic E-state index is 0.0713. The maximum atomic E-state index is 13.3. The van der Waals surface area contributed by atoms with Crippen molar-refractivity contribution >= 4 is 0 Å². The normalized spacial score (nSPS) is 18.6. The van der Waals surface area contributed by atoms with Crippen LogP contribution in [0.1, 0.15) is 29.4 Å². The lowest BCUT2D eigenvalue weighted by Gasteiger charge is -2.08. The Morgan fingerprint density at radius 3 is 2.74 bits per heavy atom. The smallest absolute Gasteiger partial charge is 0.379 e. The van der Waals surface area contributed by atoms with Crippen LogP contribution in [0, 0.1) is 6.92 Å². The van der Waals surface area contributed by atoms with Crippen molar-refractivity contribution in [3.8, 4) is 11.3 Å². The van der Waals surface area contributed by atoms with Gasteiger partial charge in [-0.1, -0.05) is 0 Å². The molecular formula is C14H16F3N5O. The first-order valence-electron chi connectivity index (χ1n) is 7.18. The van der Waals surface area contributed by atoms with Crippen molar-refractivity contribution in [1.82, 2.24) is 20.0 Å². The highest BCUT2D eigenvalue weighted by Gasteiger charge is 2.39. The van der Waals surface area contributed by atoms with Crippen molar-refractivity contribution in [1.29, 1.82) is 0 Å². The van der Waals surface area contributed by atoms with E-state index in [1.54, 1.807) is 13.0 Å². The van der Waals surface area contributed by atoms with Crippen LogP contribution in [0.25, 0.3) is 11.3 Å². The largest absolute Gasteiger partial charge is 0.435 e. The number of ether oxygens (including phenoxy) is 1. The highest BCUT2D eigenvalue weighted by atomic mass is 19.4. The van der Waals surface area contributed by atoms with Gasteiger partial charge in [0.1, 0.15) is 0 Å². The first-order valence-corrected chi connectivity index (χ1v) is 7.18. The summed E-state index contributed by atoms with van der Waals surface area (Å²) >= 11 is 0. The predicted octanol–water partition coefficient (Wildman–Crippen LogP) is 2.09. The van der Waals surface area contributed by atoms with E-state index in [1.807, 2.05) is 0 Å². The molecule has 0 aliphatic carbocycles. The third-order valence-corrected chi connectivity index (χ3v) is 3.78. The first kappa shape index (κ1) is 15.9. The Kier molecular flexibility index (Phi) is 4.07. The van der Waals surface area contributed by atoms with Gasteiger partial charge in [0, 0.05) is 19.3 Å². The minimum Gasteiger partial charge on any atom is -0.379 e. The van der Waals surface area contributed by atoms with E-state index >= 15 is 0 Å². The quantitative estimate of drug-likeness (QED) is 0.934. The summed E-state index contributed by atoms with van der Waals surface area (Å²) in [5, 5.41) is 11.5. The zero-order valence-corrected chi connectivity index (χ0v) is 12.5. The van der Waals surface area contributed by atoms with E-state index in [0.717, 1.165) is 0 Å². The molecule has 1 unspecified atom stereocenters. The van der Waals surface area contributed by atoms with Crippen molar-refractivity contribution in [3.05, 3.63) is 29.2 Å². The summed E-state index contributed by atoms with van der Waals surface area (Å²) in [6.07, 6.45) is -2.56. The van der Waals surface area contributed by atoms with Crippen LogP contribution in [0.15, 0.2) is 12.3 Å². The molecule has 1 atom stereocenters. The molecule has 6 nitrogen and oxygen atoms in total. The lowest BCUT2D eigenvalue weighted by atomic mass is 10.1. The molecule has 2 aromatic heterocycles. The number of aryl methyl sites for hydroxylation is 1. The van der Waals surface area contributed by atoms with Crippen molar-refractivity contribution < 1.29 is 17.9 Å². The standard InChI is InChI=1S/C14H16F3N5O/c1-8-4-9(5-18)19-20-12(8)11-6-22(10-2-3-23-7-10)21-13(11)14(15,16)17/h4,6,10H,2-3,5,7,18H2,1H3. The van der Waals surface area contributed by atoms with Crippen molar-refractivity contribution in [2.24, 2.45) is 5.73 Å². The second-order valence-corrected chi connectivity index (χ2v) is 5.46. The monoisotopic (exact) mass is 327 g/mol. The maximum Gasteiger partial charge on any atom is 0.435 e. The van der Waals surface area contributed by atoms with E-state index in [9.17, 15) is 13.2 Å². The number of hydrogen-bond acceptors (Lipinski definition) is 5. The van der Waals surface area contributed by atoms with Crippen LogP contribution < -0.4 is 5.73 Å². The fourth-order valence-corrected chi connectivity index (χ4v) is 2.60. The second kappa shape index (κ2) is 5.89. The molecule has 0 saturated carbocycles. The van der Waals surface area contributed by atoms with Gasteiger partial charge in [-0.05, 0) is 25.0 Å². The Bertz CT molecular complexity index is 707. The molecule has 0 bridgehead atoms. The van der Waals surface area contributed by atoms with Gasteiger partial charge in [0.15, 0.2) is 5.69 Å². The number of nitrogens with two attached hydrogens (primary N) is 1. The number of alkyl halides is 3. The van der Waals surface area contributed by atoms with Crippen LogP contribution in [0.4, 0.5) is 13.2 Å². The fourth-order valence-electron chi connectivity index (χ4n) is 2.60. The molecule has 23 heavy (non-hydrogen) atoms. The number of rotatable bonds is 3. The van der Waals surface area contributed by atoms with E-state index in [-0.39, 0.29) is 23.8 Å². The lowest BCUT2D eigenvalue weighted by molar-refractivity contribution is -0.141. The van der Waals surface area contributed by atoms with Crippen LogP contribution in [0.3, 0.4) is 0 Å². The second-order valence-electron chi connectivity index (χ2n) is 5.46. The van der Waals surface area contributed by atoms with Crippen molar-refractivity contribution in [2.45, 2.75) is 32.1 Å². The first-order chi connectivity index (χ1) is 10.9. The lowest BCUT2D eigenvalue weighted by Crippen LogP contribution is -2.13. The summed E-state index contributed by atoms with van der Waals surface area (Å²) in [6, 6.07) is 1.44. The summed E-state index contributed by atoms with van der Waals surface area (Å²) in [5.41, 5.74) is 5.72. The number of hydrogen-bond donors (Lipinski definition) is 1. The zero-order valence-electron chi connectivity index (χ0n) is 12.5. The average molecular weight is 327 g/mol. The summed E-state index contributed by atoms with van der Waals surface area (Å²) in [6.45, 7) is 2.73. The topological polar surface area (TPSA) is 78.8 Å². The molecule has 3 rings (SSSR count). The van der Waals surface area contributed by atoms with Gasteiger partial charge in [0.25, 0.3) is 0 Å². The van der Waals surface area contributed by atoms with Gasteiger partial charge < -0.3 is 10.5 Å². The molecule has 0 radical (unpaired) electrons. The molecule has 0 aromatic carbocycles. The molecule has 2 N–H and O–H groups in total. The highest BCUT2D eigenvalue weighted by molar-refractivity contribution is 5.65. The fraction of sp³-hybridized carbons (Fsp3) is 0.500. The Morgan fingerprint density at radius 2 is 2.17 bits per heavy atom. The highest BCUT2D eigenvalue weighted by Crippen LogP contribution is 2.37. The van der Waals surface area contributed by atoms with E-state index in [4.69, 9.17) is 10.5 Å². The third kappa shape index (κ3) is 3.06. The van der Waals surface area contributed by atoms with Crippen LogP contribution >= 0.6 is 0 Å². The number of halogens is 3. The Labute approximate surface area is 130 Å². The van der Waals surface area contributed by atoms with Gasteiger partial charge in [-0.15, -0.1) is 5.10 Å². The molecule has 9 heteroatoms. The summed E-state index contributed by atoms with van der Waals surface area (Å²) in [4.78, 5) is 0. The van der Waals surface area contributed by atoms with Crippen LogP contribution in [-0.4, -0.2) is 33.2 Å². The number of aromatic nitrogens is 4. The van der Waals surface area contributed by atoms with E-state index in [2.05, 4.69) is 15.3 Å². The predicted molar refractivity (Wildman–Crippen MR) is 75.4 cm³/mol. The van der Waals surface area contributed by atoms with Crippen molar-refractivity contribution in [2.75, 3.05) is 13.2 Å². The Morgan fingerprint density at radius 1 is 1.39 bits per heavy atom. The van der Waals surface area contributed by atoms with Gasteiger partial charge in [-0.3, -0.25) is 4.68 Å². The zero-order chi connectivity index (χ0) is 16.6. The van der Waals surface area contributed by atoms with Gasteiger partial charge in [0.2, 0.25) is 0 Å². The molecule has 1 aliphatic heterocycles. The van der Waals surface area contributed by atoms with E-state index in [1.165, 1.54) is 10.9 Å². The Balaban J connectivity index is 2.09. The molecule has 124 valence electrons. The van der Waals surface area contributed by atoms with Crippen LogP contribution in [0.2, 0.25) is 0 Å².